The molecule has 1 aliphatic heterocycles. The van der Waals surface area contributed by atoms with Gasteiger partial charge in [-0.15, -0.1) is 0 Å². The Morgan fingerprint density at radius 3 is 2.23 bits per heavy atom. The van der Waals surface area contributed by atoms with Crippen LogP contribution in [0, 0.1) is 0 Å². The van der Waals surface area contributed by atoms with Crippen molar-refractivity contribution in [2.45, 2.75) is 108 Å². The molecule has 0 radical (unpaired) electrons. The summed E-state index contributed by atoms with van der Waals surface area (Å²) in [5, 5.41) is 28.7. The Hall–Kier alpha value is -1.21. The molecule has 4 atom stereocenters. The lowest BCUT2D eigenvalue weighted by molar-refractivity contribution is -0.162. The SMILES string of the molecule is CCCCC/C=C\C/C=C\CCCCCCCC(=O)O[C@H](CO)[C@H]1OC[C@H](O)[C@H]1O. The molecule has 0 bridgehead atoms. The summed E-state index contributed by atoms with van der Waals surface area (Å²) >= 11 is 0. The molecule has 30 heavy (non-hydrogen) atoms. The highest BCUT2D eigenvalue weighted by Gasteiger charge is 2.41. The van der Waals surface area contributed by atoms with E-state index in [0.29, 0.717) is 0 Å². The summed E-state index contributed by atoms with van der Waals surface area (Å²) in [6, 6.07) is 0. The number of ether oxygens (including phenoxy) is 2. The number of hydrogen-bond acceptors (Lipinski definition) is 6. The van der Waals surface area contributed by atoms with Crippen molar-refractivity contribution < 1.29 is 29.6 Å². The van der Waals surface area contributed by atoms with E-state index >= 15 is 0 Å². The molecule has 0 aromatic carbocycles. The van der Waals surface area contributed by atoms with Gasteiger partial charge < -0.3 is 24.8 Å². The Morgan fingerprint density at radius 2 is 1.63 bits per heavy atom. The van der Waals surface area contributed by atoms with Gasteiger partial charge in [-0.05, 0) is 38.5 Å². The summed E-state index contributed by atoms with van der Waals surface area (Å²) in [6.07, 6.45) is 17.6. The van der Waals surface area contributed by atoms with Crippen LogP contribution in [-0.2, 0) is 14.3 Å². The van der Waals surface area contributed by atoms with Crippen LogP contribution in [0.4, 0.5) is 0 Å². The van der Waals surface area contributed by atoms with Crippen molar-refractivity contribution in [3.63, 3.8) is 0 Å². The van der Waals surface area contributed by atoms with Gasteiger partial charge in [-0.2, -0.15) is 0 Å². The first kappa shape index (κ1) is 26.8. The standard InChI is InChI=1S/C24H42O6/c1-2-3-4-5-6-7-8-9-10-11-12-13-14-15-16-17-22(27)30-21(18-25)24-23(28)20(26)19-29-24/h6-7,9-10,20-21,23-26,28H,2-5,8,11-19H2,1H3/b7-6-,10-9-/t20-,21+,23+,24+/m0/s1. The second-order valence-electron chi connectivity index (χ2n) is 8.05. The van der Waals surface area contributed by atoms with Gasteiger partial charge in [0.25, 0.3) is 0 Å². The lowest BCUT2D eigenvalue weighted by Gasteiger charge is -2.24. The Morgan fingerprint density at radius 1 is 1.00 bits per heavy atom. The monoisotopic (exact) mass is 426 g/mol. The zero-order chi connectivity index (χ0) is 22.0. The van der Waals surface area contributed by atoms with Crippen LogP contribution in [0.5, 0.6) is 0 Å². The van der Waals surface area contributed by atoms with Crippen molar-refractivity contribution in [2.24, 2.45) is 0 Å². The number of aliphatic hydroxyl groups excluding tert-OH is 3. The van der Waals surface area contributed by atoms with Crippen LogP contribution < -0.4 is 0 Å². The van der Waals surface area contributed by atoms with Gasteiger partial charge >= 0.3 is 5.97 Å². The molecule has 1 fully saturated rings. The van der Waals surface area contributed by atoms with E-state index in [1.807, 2.05) is 0 Å². The van der Waals surface area contributed by atoms with Gasteiger partial charge in [-0.3, -0.25) is 4.79 Å². The highest BCUT2D eigenvalue weighted by molar-refractivity contribution is 5.69. The van der Waals surface area contributed by atoms with Gasteiger partial charge in [0.05, 0.1) is 13.2 Å². The molecule has 0 unspecified atom stereocenters. The number of allylic oxidation sites excluding steroid dienone is 4. The van der Waals surface area contributed by atoms with Crippen LogP contribution in [-0.4, -0.2) is 58.9 Å². The van der Waals surface area contributed by atoms with Crippen molar-refractivity contribution in [1.29, 1.82) is 0 Å². The third-order valence-electron chi connectivity index (χ3n) is 5.35. The minimum absolute atomic E-state index is 0.0230. The number of carbonyl (C=O) groups is 1. The van der Waals surface area contributed by atoms with Gasteiger partial charge in [0.1, 0.15) is 18.3 Å². The molecule has 6 nitrogen and oxygen atoms in total. The molecular weight excluding hydrogens is 384 g/mol. The lowest BCUT2D eigenvalue weighted by atomic mass is 10.1. The number of unbranched alkanes of at least 4 members (excludes halogenated alkanes) is 8. The van der Waals surface area contributed by atoms with Crippen molar-refractivity contribution in [3.8, 4) is 0 Å². The fraction of sp³-hybridized carbons (Fsp3) is 0.792. The summed E-state index contributed by atoms with van der Waals surface area (Å²) in [5.74, 6) is -0.406. The highest BCUT2D eigenvalue weighted by atomic mass is 16.6. The summed E-state index contributed by atoms with van der Waals surface area (Å²) in [4.78, 5) is 11.9. The molecule has 0 aromatic heterocycles. The number of rotatable bonds is 17. The maximum Gasteiger partial charge on any atom is 0.306 e. The Bertz CT molecular complexity index is 490. The lowest BCUT2D eigenvalue weighted by Crippen LogP contribution is -2.43. The van der Waals surface area contributed by atoms with Crippen molar-refractivity contribution in [1.82, 2.24) is 0 Å². The highest BCUT2D eigenvalue weighted by Crippen LogP contribution is 2.20. The normalized spacial score (nSPS) is 22.9. The first-order valence-corrected chi connectivity index (χ1v) is 11.7. The molecule has 3 N–H and O–H groups in total. The fourth-order valence-electron chi connectivity index (χ4n) is 3.47. The predicted molar refractivity (Wildman–Crippen MR) is 118 cm³/mol. The molecule has 1 saturated heterocycles. The van der Waals surface area contributed by atoms with Crippen LogP contribution in [0.15, 0.2) is 24.3 Å². The van der Waals surface area contributed by atoms with Crippen LogP contribution in [0.3, 0.4) is 0 Å². The zero-order valence-corrected chi connectivity index (χ0v) is 18.6. The van der Waals surface area contributed by atoms with E-state index in [9.17, 15) is 20.1 Å². The molecule has 174 valence electrons. The van der Waals surface area contributed by atoms with E-state index in [1.165, 1.54) is 25.7 Å². The number of hydrogen-bond donors (Lipinski definition) is 3. The van der Waals surface area contributed by atoms with Gasteiger partial charge in [-0.1, -0.05) is 63.3 Å². The first-order chi connectivity index (χ1) is 14.6. The van der Waals surface area contributed by atoms with Gasteiger partial charge in [-0.25, -0.2) is 0 Å². The second-order valence-corrected chi connectivity index (χ2v) is 8.05. The third-order valence-corrected chi connectivity index (χ3v) is 5.35. The van der Waals surface area contributed by atoms with E-state index < -0.39 is 37.0 Å². The topological polar surface area (TPSA) is 96.2 Å². The molecule has 0 aromatic rings. The molecule has 0 spiro atoms. The van der Waals surface area contributed by atoms with Gasteiger partial charge in [0.15, 0.2) is 6.10 Å². The Kier molecular flexibility index (Phi) is 15.6. The summed E-state index contributed by atoms with van der Waals surface area (Å²) in [7, 11) is 0. The average Bonchev–Trinajstić information content (AvgIpc) is 3.07. The number of aliphatic hydroxyl groups is 3. The first-order valence-electron chi connectivity index (χ1n) is 11.7. The van der Waals surface area contributed by atoms with Crippen LogP contribution >= 0.6 is 0 Å². The molecule has 0 amide bonds. The maximum absolute atomic E-state index is 11.9. The van der Waals surface area contributed by atoms with E-state index in [2.05, 4.69) is 31.2 Å². The number of esters is 1. The minimum Gasteiger partial charge on any atom is -0.457 e. The van der Waals surface area contributed by atoms with E-state index in [0.717, 1.165) is 44.9 Å². The van der Waals surface area contributed by atoms with Crippen molar-refractivity contribution in [3.05, 3.63) is 24.3 Å². The quantitative estimate of drug-likeness (QED) is 0.186. The maximum atomic E-state index is 11.9. The molecule has 0 saturated carbocycles. The minimum atomic E-state index is -1.15. The summed E-state index contributed by atoms with van der Waals surface area (Å²) in [5.41, 5.74) is 0. The van der Waals surface area contributed by atoms with Gasteiger partial charge in [0.2, 0.25) is 0 Å². The average molecular weight is 427 g/mol. The Balaban J connectivity index is 1.98. The van der Waals surface area contributed by atoms with Crippen molar-refractivity contribution >= 4 is 5.97 Å². The summed E-state index contributed by atoms with van der Waals surface area (Å²) in [6.45, 7) is 1.76. The van der Waals surface area contributed by atoms with Gasteiger partial charge in [0, 0.05) is 6.42 Å². The third kappa shape index (κ3) is 11.8. The molecule has 0 aliphatic carbocycles. The molecule has 1 aliphatic rings. The van der Waals surface area contributed by atoms with E-state index in [4.69, 9.17) is 9.47 Å². The van der Waals surface area contributed by atoms with Crippen LogP contribution in [0.2, 0.25) is 0 Å². The largest absolute Gasteiger partial charge is 0.457 e. The molecule has 6 heteroatoms. The second kappa shape index (κ2) is 17.5. The molecular formula is C24H42O6. The zero-order valence-electron chi connectivity index (χ0n) is 18.6. The Labute approximate surface area is 182 Å². The molecule has 1 heterocycles. The number of carbonyl (C=O) groups excluding carboxylic acids is 1. The molecule has 1 rings (SSSR count). The summed E-state index contributed by atoms with van der Waals surface area (Å²) < 4.78 is 10.4. The predicted octanol–water partition coefficient (Wildman–Crippen LogP) is 3.82. The fourth-order valence-corrected chi connectivity index (χ4v) is 3.47. The van der Waals surface area contributed by atoms with Crippen LogP contribution in [0.25, 0.3) is 0 Å². The van der Waals surface area contributed by atoms with Crippen LogP contribution in [0.1, 0.15) is 84.0 Å². The van der Waals surface area contributed by atoms with E-state index in [1.54, 1.807) is 0 Å². The van der Waals surface area contributed by atoms with Crippen molar-refractivity contribution in [2.75, 3.05) is 13.2 Å². The smallest absolute Gasteiger partial charge is 0.306 e. The van der Waals surface area contributed by atoms with E-state index in [-0.39, 0.29) is 13.0 Å².